The van der Waals surface area contributed by atoms with Gasteiger partial charge in [0.15, 0.2) is 0 Å². The lowest BCUT2D eigenvalue weighted by molar-refractivity contribution is -0.130. The first-order valence-electron chi connectivity index (χ1n) is 4.11. The molecule has 1 aromatic carbocycles. The van der Waals surface area contributed by atoms with Gasteiger partial charge in [0.2, 0.25) is 10.9 Å². The molecule has 5 heteroatoms. The van der Waals surface area contributed by atoms with Gasteiger partial charge in [-0.05, 0) is 11.8 Å². The first-order valence-corrected chi connectivity index (χ1v) is 4.92. The number of halogens is 2. The van der Waals surface area contributed by atoms with Gasteiger partial charge in [0, 0.05) is 12.5 Å². The maximum Gasteiger partial charge on any atom is 0.358 e. The predicted octanol–water partition coefficient (Wildman–Crippen LogP) is 2.74. The second-order valence-electron chi connectivity index (χ2n) is 2.83. The molecule has 1 aromatic rings. The summed E-state index contributed by atoms with van der Waals surface area (Å²) in [5.41, 5.74) is 0.156. The Bertz CT molecular complexity index is 376. The normalized spacial score (nSPS) is 11.1. The molecule has 0 spiro atoms. The highest BCUT2D eigenvalue weighted by Crippen LogP contribution is 2.32. The molecule has 0 aliphatic rings. The quantitative estimate of drug-likeness (QED) is 0.800. The van der Waals surface area contributed by atoms with E-state index in [1.165, 1.54) is 12.1 Å². The Labute approximate surface area is 89.7 Å². The molecule has 0 aromatic heterocycles. The molecular weight excluding hydrogens is 222 g/mol. The van der Waals surface area contributed by atoms with E-state index in [1.807, 2.05) is 0 Å². The zero-order chi connectivity index (χ0) is 11.5. The van der Waals surface area contributed by atoms with Gasteiger partial charge in [-0.1, -0.05) is 30.3 Å². The molecule has 0 saturated carbocycles. The van der Waals surface area contributed by atoms with Crippen LogP contribution in [0.3, 0.4) is 0 Å². The van der Waals surface area contributed by atoms with Gasteiger partial charge in [-0.2, -0.15) is 8.78 Å². The van der Waals surface area contributed by atoms with Crippen LogP contribution < -0.4 is 0 Å². The number of hydrogen-bond acceptors (Lipinski definition) is 3. The summed E-state index contributed by atoms with van der Waals surface area (Å²) >= 11 is -0.259. The first kappa shape index (κ1) is 11.8. The lowest BCUT2D eigenvalue weighted by Crippen LogP contribution is -2.23. The zero-order valence-electron chi connectivity index (χ0n) is 7.87. The molecule has 80 valence electrons. The van der Waals surface area contributed by atoms with Crippen LogP contribution in [0.2, 0.25) is 0 Å². The number of alkyl halides is 2. The van der Waals surface area contributed by atoms with E-state index in [2.05, 4.69) is 0 Å². The van der Waals surface area contributed by atoms with E-state index in [9.17, 15) is 18.4 Å². The van der Waals surface area contributed by atoms with Crippen LogP contribution in [-0.4, -0.2) is 16.2 Å². The van der Waals surface area contributed by atoms with Gasteiger partial charge in [0.25, 0.3) is 0 Å². The Kier molecular flexibility index (Phi) is 3.57. The second-order valence-corrected chi connectivity index (χ2v) is 3.92. The van der Waals surface area contributed by atoms with Crippen LogP contribution >= 0.6 is 11.8 Å². The van der Waals surface area contributed by atoms with E-state index >= 15 is 0 Å². The molecule has 0 N–H and O–H groups in total. The highest BCUT2D eigenvalue weighted by molar-refractivity contribution is 8.15. The minimum Gasteiger partial charge on any atom is -0.292 e. The Balaban J connectivity index is 2.77. The van der Waals surface area contributed by atoms with Crippen molar-refractivity contribution in [3.8, 4) is 0 Å². The fourth-order valence-corrected chi connectivity index (χ4v) is 1.45. The smallest absolute Gasteiger partial charge is 0.292 e. The Morgan fingerprint density at radius 1 is 1.20 bits per heavy atom. The minimum absolute atomic E-state index is 0.156. The molecule has 0 saturated heterocycles. The highest BCUT2D eigenvalue weighted by atomic mass is 32.2. The van der Waals surface area contributed by atoms with E-state index < -0.39 is 16.2 Å². The van der Waals surface area contributed by atoms with Crippen molar-refractivity contribution in [2.24, 2.45) is 0 Å². The van der Waals surface area contributed by atoms with Crippen molar-refractivity contribution in [2.45, 2.75) is 12.2 Å². The van der Waals surface area contributed by atoms with E-state index in [0.29, 0.717) is 0 Å². The largest absolute Gasteiger partial charge is 0.358 e. The van der Waals surface area contributed by atoms with Crippen LogP contribution in [-0.2, 0) is 4.79 Å². The molecule has 0 aliphatic carbocycles. The SMILES string of the molecule is CC(=O)C(F)(F)SC(=O)c1ccccc1. The lowest BCUT2D eigenvalue weighted by atomic mass is 10.2. The van der Waals surface area contributed by atoms with Crippen LogP contribution in [0.25, 0.3) is 0 Å². The number of rotatable bonds is 3. The standard InChI is InChI=1S/C10H8F2O2S/c1-7(13)10(11,12)15-9(14)8-5-3-2-4-6-8/h2-6H,1H3. The van der Waals surface area contributed by atoms with Crippen molar-refractivity contribution in [1.29, 1.82) is 0 Å². The van der Waals surface area contributed by atoms with E-state index in [0.717, 1.165) is 6.92 Å². The van der Waals surface area contributed by atoms with Crippen molar-refractivity contribution in [1.82, 2.24) is 0 Å². The summed E-state index contributed by atoms with van der Waals surface area (Å²) < 4.78 is 25.8. The van der Waals surface area contributed by atoms with E-state index in [4.69, 9.17) is 0 Å². The molecule has 0 amide bonds. The van der Waals surface area contributed by atoms with Gasteiger partial charge in [-0.15, -0.1) is 0 Å². The topological polar surface area (TPSA) is 34.1 Å². The summed E-state index contributed by atoms with van der Waals surface area (Å²) in [6.45, 7) is 0.755. The molecule has 1 rings (SSSR count). The average Bonchev–Trinajstić information content (AvgIpc) is 2.18. The number of thioether (sulfide) groups is 1. The molecule has 0 heterocycles. The summed E-state index contributed by atoms with van der Waals surface area (Å²) in [4.78, 5) is 21.8. The van der Waals surface area contributed by atoms with Crippen molar-refractivity contribution >= 4 is 22.7 Å². The molecule has 0 atom stereocenters. The van der Waals surface area contributed by atoms with E-state index in [-0.39, 0.29) is 17.3 Å². The van der Waals surface area contributed by atoms with Crippen LogP contribution in [0.15, 0.2) is 30.3 Å². The number of carbonyl (C=O) groups excluding carboxylic acids is 2. The maximum absolute atomic E-state index is 12.9. The van der Waals surface area contributed by atoms with Crippen molar-refractivity contribution in [3.05, 3.63) is 35.9 Å². The predicted molar refractivity (Wildman–Crippen MR) is 54.0 cm³/mol. The molecule has 0 unspecified atom stereocenters. The molecule has 0 bridgehead atoms. The molecule has 0 aliphatic heterocycles. The third-order valence-electron chi connectivity index (χ3n) is 1.64. The third-order valence-corrected chi connectivity index (χ3v) is 2.61. The maximum atomic E-state index is 12.9. The Morgan fingerprint density at radius 2 is 1.73 bits per heavy atom. The van der Waals surface area contributed by atoms with Gasteiger partial charge in [-0.25, -0.2) is 0 Å². The monoisotopic (exact) mass is 230 g/mol. The Hall–Kier alpha value is -1.23. The molecule has 0 radical (unpaired) electrons. The van der Waals surface area contributed by atoms with Gasteiger partial charge in [-0.3, -0.25) is 9.59 Å². The summed E-state index contributed by atoms with van der Waals surface area (Å²) in [5, 5.41) is -4.46. The lowest BCUT2D eigenvalue weighted by Gasteiger charge is -2.10. The number of hydrogen-bond donors (Lipinski definition) is 0. The van der Waals surface area contributed by atoms with E-state index in [1.54, 1.807) is 18.2 Å². The number of Topliss-reactive ketones (excluding diaryl/α,β-unsaturated/α-hetero) is 1. The summed E-state index contributed by atoms with van der Waals surface area (Å²) in [7, 11) is 0. The minimum atomic E-state index is -3.65. The molecule has 2 nitrogen and oxygen atoms in total. The fraction of sp³-hybridized carbons (Fsp3) is 0.200. The molecule has 15 heavy (non-hydrogen) atoms. The number of benzene rings is 1. The van der Waals surface area contributed by atoms with Gasteiger partial charge >= 0.3 is 5.25 Å². The van der Waals surface area contributed by atoms with Crippen molar-refractivity contribution in [3.63, 3.8) is 0 Å². The average molecular weight is 230 g/mol. The first-order chi connectivity index (χ1) is 6.93. The number of ketones is 1. The molecular formula is C10H8F2O2S. The highest BCUT2D eigenvalue weighted by Gasteiger charge is 2.39. The summed E-state index contributed by atoms with van der Waals surface area (Å²) in [5.74, 6) is -1.32. The van der Waals surface area contributed by atoms with Crippen molar-refractivity contribution < 1.29 is 18.4 Å². The van der Waals surface area contributed by atoms with Gasteiger partial charge < -0.3 is 0 Å². The third kappa shape index (κ3) is 3.13. The zero-order valence-corrected chi connectivity index (χ0v) is 8.68. The van der Waals surface area contributed by atoms with Gasteiger partial charge in [0.05, 0.1) is 0 Å². The van der Waals surface area contributed by atoms with Crippen LogP contribution in [0.4, 0.5) is 8.78 Å². The summed E-state index contributed by atoms with van der Waals surface area (Å²) in [6, 6.07) is 7.65. The number of carbonyl (C=O) groups is 2. The Morgan fingerprint density at radius 3 is 2.20 bits per heavy atom. The van der Waals surface area contributed by atoms with Crippen LogP contribution in [0.5, 0.6) is 0 Å². The molecule has 0 fully saturated rings. The van der Waals surface area contributed by atoms with Crippen LogP contribution in [0, 0.1) is 0 Å². The second kappa shape index (κ2) is 4.53. The van der Waals surface area contributed by atoms with Crippen LogP contribution in [0.1, 0.15) is 17.3 Å². The van der Waals surface area contributed by atoms with Gasteiger partial charge in [0.1, 0.15) is 0 Å². The van der Waals surface area contributed by atoms with Crippen molar-refractivity contribution in [2.75, 3.05) is 0 Å². The fourth-order valence-electron chi connectivity index (χ4n) is 0.821. The summed E-state index contributed by atoms with van der Waals surface area (Å²) in [6.07, 6.45) is 0.